The SMILES string of the molecule is C=C(Br)CNCC1CCCCC1C(=O)O. The van der Waals surface area contributed by atoms with Crippen LogP contribution in [-0.2, 0) is 4.79 Å². The predicted molar refractivity (Wildman–Crippen MR) is 64.0 cm³/mol. The van der Waals surface area contributed by atoms with Crippen molar-refractivity contribution in [2.75, 3.05) is 13.1 Å². The van der Waals surface area contributed by atoms with Gasteiger partial charge in [-0.1, -0.05) is 35.4 Å². The first-order valence-corrected chi connectivity index (χ1v) is 6.17. The van der Waals surface area contributed by atoms with Crippen LogP contribution in [0.3, 0.4) is 0 Å². The van der Waals surface area contributed by atoms with Crippen molar-refractivity contribution in [2.45, 2.75) is 25.7 Å². The highest BCUT2D eigenvalue weighted by atomic mass is 79.9. The van der Waals surface area contributed by atoms with E-state index in [2.05, 4.69) is 27.8 Å². The summed E-state index contributed by atoms with van der Waals surface area (Å²) in [5.74, 6) is -0.517. The van der Waals surface area contributed by atoms with Crippen LogP contribution in [0.15, 0.2) is 11.1 Å². The summed E-state index contributed by atoms with van der Waals surface area (Å²) >= 11 is 3.27. The van der Waals surface area contributed by atoms with Crippen molar-refractivity contribution in [1.82, 2.24) is 5.32 Å². The van der Waals surface area contributed by atoms with Crippen molar-refractivity contribution in [1.29, 1.82) is 0 Å². The molecule has 0 spiro atoms. The second-order valence-corrected chi connectivity index (χ2v) is 5.26. The largest absolute Gasteiger partial charge is 0.481 e. The van der Waals surface area contributed by atoms with Crippen molar-refractivity contribution >= 4 is 21.9 Å². The van der Waals surface area contributed by atoms with Crippen LogP contribution in [0.1, 0.15) is 25.7 Å². The molecule has 0 aromatic rings. The van der Waals surface area contributed by atoms with Crippen molar-refractivity contribution in [2.24, 2.45) is 11.8 Å². The minimum Gasteiger partial charge on any atom is -0.481 e. The van der Waals surface area contributed by atoms with Crippen molar-refractivity contribution in [3.05, 3.63) is 11.1 Å². The minimum atomic E-state index is -0.640. The van der Waals surface area contributed by atoms with E-state index in [1.807, 2.05) is 0 Å². The first-order chi connectivity index (χ1) is 7.11. The Kier molecular flexibility index (Phi) is 5.32. The van der Waals surface area contributed by atoms with Gasteiger partial charge in [-0.15, -0.1) is 0 Å². The van der Waals surface area contributed by atoms with Gasteiger partial charge in [0.2, 0.25) is 0 Å². The monoisotopic (exact) mass is 275 g/mol. The molecule has 1 saturated carbocycles. The molecule has 0 saturated heterocycles. The van der Waals surface area contributed by atoms with Crippen LogP contribution in [0.4, 0.5) is 0 Å². The molecule has 0 bridgehead atoms. The zero-order chi connectivity index (χ0) is 11.3. The summed E-state index contributed by atoms with van der Waals surface area (Å²) in [4.78, 5) is 11.0. The highest BCUT2D eigenvalue weighted by molar-refractivity contribution is 9.11. The van der Waals surface area contributed by atoms with Gasteiger partial charge in [-0.05, 0) is 25.3 Å². The Hall–Kier alpha value is -0.350. The molecule has 4 heteroatoms. The Morgan fingerprint density at radius 3 is 2.73 bits per heavy atom. The second kappa shape index (κ2) is 6.28. The quantitative estimate of drug-likeness (QED) is 0.810. The van der Waals surface area contributed by atoms with Crippen molar-refractivity contribution in [3.63, 3.8) is 0 Å². The molecule has 0 heterocycles. The number of aliphatic carboxylic acids is 1. The number of carboxylic acid groups (broad SMARTS) is 1. The average Bonchev–Trinajstić information content (AvgIpc) is 2.17. The number of hydrogen-bond donors (Lipinski definition) is 2. The lowest BCUT2D eigenvalue weighted by molar-refractivity contribution is -0.144. The molecular weight excluding hydrogens is 258 g/mol. The normalized spacial score (nSPS) is 26.2. The molecule has 86 valence electrons. The smallest absolute Gasteiger partial charge is 0.306 e. The molecule has 0 amide bonds. The van der Waals surface area contributed by atoms with Gasteiger partial charge >= 0.3 is 5.97 Å². The fraction of sp³-hybridized carbons (Fsp3) is 0.727. The number of hydrogen-bond acceptors (Lipinski definition) is 2. The molecular formula is C11H18BrNO2. The summed E-state index contributed by atoms with van der Waals surface area (Å²) in [5.41, 5.74) is 0. The van der Waals surface area contributed by atoms with Crippen LogP contribution in [-0.4, -0.2) is 24.2 Å². The third-order valence-electron chi connectivity index (χ3n) is 2.95. The maximum atomic E-state index is 11.0. The number of carboxylic acids is 1. The van der Waals surface area contributed by atoms with E-state index in [9.17, 15) is 4.79 Å². The van der Waals surface area contributed by atoms with E-state index >= 15 is 0 Å². The van der Waals surface area contributed by atoms with Gasteiger partial charge in [0.25, 0.3) is 0 Å². The number of halogens is 1. The average molecular weight is 276 g/mol. The van der Waals surface area contributed by atoms with Crippen LogP contribution >= 0.6 is 15.9 Å². The highest BCUT2D eigenvalue weighted by Gasteiger charge is 2.30. The molecule has 15 heavy (non-hydrogen) atoms. The third-order valence-corrected chi connectivity index (χ3v) is 3.23. The summed E-state index contributed by atoms with van der Waals surface area (Å²) in [5, 5.41) is 12.3. The molecule has 3 nitrogen and oxygen atoms in total. The molecule has 2 N–H and O–H groups in total. The van der Waals surface area contributed by atoms with Gasteiger partial charge in [0.05, 0.1) is 5.92 Å². The van der Waals surface area contributed by atoms with Gasteiger partial charge in [0.1, 0.15) is 0 Å². The van der Waals surface area contributed by atoms with Crippen LogP contribution in [0.5, 0.6) is 0 Å². The van der Waals surface area contributed by atoms with E-state index < -0.39 is 5.97 Å². The third kappa shape index (κ3) is 4.34. The Bertz CT molecular complexity index is 243. The molecule has 1 rings (SSSR count). The van der Waals surface area contributed by atoms with E-state index in [-0.39, 0.29) is 11.8 Å². The lowest BCUT2D eigenvalue weighted by Crippen LogP contribution is -2.35. The van der Waals surface area contributed by atoms with Crippen LogP contribution in [0.2, 0.25) is 0 Å². The Morgan fingerprint density at radius 2 is 2.13 bits per heavy atom. The van der Waals surface area contributed by atoms with Crippen LogP contribution in [0.25, 0.3) is 0 Å². The summed E-state index contributed by atoms with van der Waals surface area (Å²) in [6.07, 6.45) is 4.07. The predicted octanol–water partition coefficient (Wildman–Crippen LogP) is 2.38. The van der Waals surface area contributed by atoms with Gasteiger partial charge in [0.15, 0.2) is 0 Å². The lowest BCUT2D eigenvalue weighted by Gasteiger charge is -2.28. The summed E-state index contributed by atoms with van der Waals surface area (Å²) in [7, 11) is 0. The van der Waals surface area contributed by atoms with Crippen molar-refractivity contribution < 1.29 is 9.90 Å². The lowest BCUT2D eigenvalue weighted by atomic mass is 9.79. The van der Waals surface area contributed by atoms with Gasteiger partial charge in [-0.2, -0.15) is 0 Å². The number of carbonyl (C=O) groups is 1. The molecule has 0 aliphatic heterocycles. The maximum Gasteiger partial charge on any atom is 0.306 e. The summed E-state index contributed by atoms with van der Waals surface area (Å²) in [6, 6.07) is 0. The molecule has 0 radical (unpaired) electrons. The zero-order valence-corrected chi connectivity index (χ0v) is 10.4. The van der Waals surface area contributed by atoms with Crippen LogP contribution in [0, 0.1) is 11.8 Å². The van der Waals surface area contributed by atoms with E-state index in [0.29, 0.717) is 6.54 Å². The molecule has 1 fully saturated rings. The molecule has 2 atom stereocenters. The highest BCUT2D eigenvalue weighted by Crippen LogP contribution is 2.29. The van der Waals surface area contributed by atoms with E-state index in [1.54, 1.807) is 0 Å². The minimum absolute atomic E-state index is 0.158. The fourth-order valence-corrected chi connectivity index (χ4v) is 2.37. The van der Waals surface area contributed by atoms with E-state index in [1.165, 1.54) is 0 Å². The summed E-state index contributed by atoms with van der Waals surface area (Å²) < 4.78 is 0.908. The fourth-order valence-electron chi connectivity index (χ4n) is 2.17. The first kappa shape index (κ1) is 12.7. The Morgan fingerprint density at radius 1 is 1.47 bits per heavy atom. The Balaban J connectivity index is 2.36. The maximum absolute atomic E-state index is 11.0. The van der Waals surface area contributed by atoms with Gasteiger partial charge in [-0.25, -0.2) is 0 Å². The topological polar surface area (TPSA) is 49.3 Å². The second-order valence-electron chi connectivity index (χ2n) is 4.14. The van der Waals surface area contributed by atoms with E-state index in [4.69, 9.17) is 5.11 Å². The van der Waals surface area contributed by atoms with Gasteiger partial charge in [-0.3, -0.25) is 4.79 Å². The summed E-state index contributed by atoms with van der Waals surface area (Å²) in [6.45, 7) is 5.22. The zero-order valence-electron chi connectivity index (χ0n) is 8.84. The van der Waals surface area contributed by atoms with Crippen molar-refractivity contribution in [3.8, 4) is 0 Å². The van der Waals surface area contributed by atoms with E-state index in [0.717, 1.165) is 36.7 Å². The number of rotatable bonds is 5. The van der Waals surface area contributed by atoms with Crippen LogP contribution < -0.4 is 5.32 Å². The molecule has 2 unspecified atom stereocenters. The first-order valence-electron chi connectivity index (χ1n) is 5.38. The molecule has 1 aliphatic rings. The molecule has 0 aromatic carbocycles. The molecule has 0 aromatic heterocycles. The Labute approximate surface area is 99.1 Å². The standard InChI is InChI=1S/C11H18BrNO2/c1-8(12)6-13-7-9-4-2-3-5-10(9)11(14)15/h9-10,13H,1-7H2,(H,14,15). The number of nitrogens with one attached hydrogen (secondary N) is 1. The van der Waals surface area contributed by atoms with Gasteiger partial charge < -0.3 is 10.4 Å². The van der Waals surface area contributed by atoms with Gasteiger partial charge in [0, 0.05) is 11.0 Å². The molecule has 1 aliphatic carbocycles.